The molecule has 0 spiro atoms. The average molecular weight is 284 g/mol. The number of nitrogens with one attached hydrogen (secondary N) is 1. The Hall–Kier alpha value is -2.10. The number of allylic oxidation sites excluding steroid dienone is 2. The summed E-state index contributed by atoms with van der Waals surface area (Å²) in [6.07, 6.45) is 4.64. The van der Waals surface area contributed by atoms with E-state index in [2.05, 4.69) is 5.32 Å². The molecule has 0 aromatic heterocycles. The molecule has 4 heteroatoms. The number of rotatable bonds is 4. The molecular weight excluding hydrogens is 266 g/mol. The maximum atomic E-state index is 12.4. The van der Waals surface area contributed by atoms with Gasteiger partial charge in [0.05, 0.1) is 5.92 Å². The van der Waals surface area contributed by atoms with Crippen molar-refractivity contribution in [2.75, 3.05) is 0 Å². The van der Waals surface area contributed by atoms with E-state index in [0.717, 1.165) is 12.0 Å². The van der Waals surface area contributed by atoms with Gasteiger partial charge in [-0.3, -0.25) is 4.79 Å². The highest BCUT2D eigenvalue weighted by atomic mass is 16.4. The number of hydrogen-bond acceptors (Lipinski definition) is 3. The van der Waals surface area contributed by atoms with E-state index in [9.17, 15) is 14.7 Å². The molecule has 0 aliphatic heterocycles. The van der Waals surface area contributed by atoms with Gasteiger partial charge in [0.2, 0.25) is 5.91 Å². The molecule has 2 bridgehead atoms. The summed E-state index contributed by atoms with van der Waals surface area (Å²) in [6.45, 7) is 2.44. The number of carboxylic acids is 1. The number of aryl methyl sites for hydroxylation is 1. The van der Waals surface area contributed by atoms with Gasteiger partial charge in [-0.05, 0) is 30.7 Å². The van der Waals surface area contributed by atoms with Gasteiger partial charge in [-0.1, -0.05) is 42.0 Å². The largest absolute Gasteiger partial charge is 0.550 e. The lowest BCUT2D eigenvalue weighted by Crippen LogP contribution is -2.44. The Morgan fingerprint density at radius 1 is 1.14 bits per heavy atom. The summed E-state index contributed by atoms with van der Waals surface area (Å²) in [6, 6.07) is 7.91. The molecule has 3 rings (SSSR count). The summed E-state index contributed by atoms with van der Waals surface area (Å²) < 4.78 is 0. The van der Waals surface area contributed by atoms with Gasteiger partial charge >= 0.3 is 0 Å². The molecule has 0 saturated heterocycles. The molecule has 1 saturated carbocycles. The zero-order valence-corrected chi connectivity index (χ0v) is 11.9. The Morgan fingerprint density at radius 2 is 1.76 bits per heavy atom. The van der Waals surface area contributed by atoms with Crippen molar-refractivity contribution in [3.8, 4) is 0 Å². The number of benzene rings is 1. The zero-order valence-electron chi connectivity index (χ0n) is 11.9. The van der Waals surface area contributed by atoms with E-state index in [0.29, 0.717) is 6.54 Å². The lowest BCUT2D eigenvalue weighted by Gasteiger charge is -2.27. The van der Waals surface area contributed by atoms with Gasteiger partial charge in [0.15, 0.2) is 0 Å². The van der Waals surface area contributed by atoms with Crippen LogP contribution < -0.4 is 10.4 Å². The fourth-order valence-corrected chi connectivity index (χ4v) is 3.51. The third-order valence-corrected chi connectivity index (χ3v) is 4.62. The van der Waals surface area contributed by atoms with E-state index in [1.165, 1.54) is 5.56 Å². The Balaban J connectivity index is 1.66. The van der Waals surface area contributed by atoms with Crippen molar-refractivity contribution in [2.24, 2.45) is 23.7 Å². The molecular formula is C17H18NO3-. The van der Waals surface area contributed by atoms with Crippen molar-refractivity contribution in [2.45, 2.75) is 19.9 Å². The Labute approximate surface area is 123 Å². The van der Waals surface area contributed by atoms with E-state index in [-0.39, 0.29) is 17.7 Å². The Bertz CT molecular complexity index is 591. The number of carbonyl (C=O) groups excluding carboxylic acids is 2. The van der Waals surface area contributed by atoms with Crippen LogP contribution in [0.15, 0.2) is 36.4 Å². The van der Waals surface area contributed by atoms with Crippen molar-refractivity contribution in [1.82, 2.24) is 5.32 Å². The number of hydrogen-bond donors (Lipinski definition) is 1. The smallest absolute Gasteiger partial charge is 0.224 e. The average Bonchev–Trinajstić information content (AvgIpc) is 3.06. The van der Waals surface area contributed by atoms with Crippen LogP contribution in [-0.4, -0.2) is 11.9 Å². The molecule has 4 atom stereocenters. The number of carboxylic acid groups (broad SMARTS) is 1. The Morgan fingerprint density at radius 3 is 2.38 bits per heavy atom. The molecule has 1 aromatic carbocycles. The van der Waals surface area contributed by atoms with Crippen LogP contribution in [-0.2, 0) is 16.1 Å². The summed E-state index contributed by atoms with van der Waals surface area (Å²) in [5.74, 6) is -2.47. The van der Waals surface area contributed by atoms with Gasteiger partial charge in [-0.25, -0.2) is 0 Å². The molecule has 1 amide bonds. The van der Waals surface area contributed by atoms with Crippen LogP contribution in [0.5, 0.6) is 0 Å². The second-order valence-electron chi connectivity index (χ2n) is 6.02. The maximum Gasteiger partial charge on any atom is 0.224 e. The number of aliphatic carboxylic acids is 1. The summed E-state index contributed by atoms with van der Waals surface area (Å²) in [7, 11) is 0. The minimum atomic E-state index is -1.11. The number of amides is 1. The molecule has 110 valence electrons. The minimum Gasteiger partial charge on any atom is -0.550 e. The number of fused-ring (bicyclic) bond motifs is 2. The summed E-state index contributed by atoms with van der Waals surface area (Å²) in [5, 5.41) is 14.2. The van der Waals surface area contributed by atoms with Gasteiger partial charge < -0.3 is 15.2 Å². The predicted octanol–water partition coefficient (Wildman–Crippen LogP) is 0.799. The SMILES string of the molecule is Cc1ccc(CNC(=O)[C@@H]2[C@H](C(=O)[O-])[C@H]3C=C[C@H]2C3)cc1. The van der Waals surface area contributed by atoms with Crippen molar-refractivity contribution >= 4 is 11.9 Å². The lowest BCUT2D eigenvalue weighted by molar-refractivity contribution is -0.313. The van der Waals surface area contributed by atoms with Crippen LogP contribution >= 0.6 is 0 Å². The molecule has 4 nitrogen and oxygen atoms in total. The topological polar surface area (TPSA) is 69.2 Å². The van der Waals surface area contributed by atoms with Crippen LogP contribution in [0.4, 0.5) is 0 Å². The minimum absolute atomic E-state index is 0.0379. The fourth-order valence-electron chi connectivity index (χ4n) is 3.51. The van der Waals surface area contributed by atoms with Gasteiger partial charge in [0.1, 0.15) is 0 Å². The maximum absolute atomic E-state index is 12.4. The summed E-state index contributed by atoms with van der Waals surface area (Å²) in [4.78, 5) is 23.6. The highest BCUT2D eigenvalue weighted by Crippen LogP contribution is 2.47. The molecule has 2 aliphatic rings. The second kappa shape index (κ2) is 5.35. The fraction of sp³-hybridized carbons (Fsp3) is 0.412. The molecule has 1 aromatic rings. The van der Waals surface area contributed by atoms with Gasteiger partial charge in [-0.15, -0.1) is 0 Å². The third-order valence-electron chi connectivity index (χ3n) is 4.62. The van der Waals surface area contributed by atoms with E-state index in [4.69, 9.17) is 0 Å². The first-order valence-electron chi connectivity index (χ1n) is 7.28. The van der Waals surface area contributed by atoms with Crippen molar-refractivity contribution in [3.63, 3.8) is 0 Å². The van der Waals surface area contributed by atoms with Crippen LogP contribution in [0.2, 0.25) is 0 Å². The highest BCUT2D eigenvalue weighted by molar-refractivity contribution is 5.86. The highest BCUT2D eigenvalue weighted by Gasteiger charge is 2.48. The van der Waals surface area contributed by atoms with Crippen molar-refractivity contribution in [3.05, 3.63) is 47.5 Å². The van der Waals surface area contributed by atoms with E-state index in [1.807, 2.05) is 43.3 Å². The molecule has 0 radical (unpaired) electrons. The zero-order chi connectivity index (χ0) is 15.0. The molecule has 2 aliphatic carbocycles. The summed E-state index contributed by atoms with van der Waals surface area (Å²) in [5.41, 5.74) is 2.18. The number of carbonyl (C=O) groups is 2. The normalized spacial score (nSPS) is 29.6. The van der Waals surface area contributed by atoms with Gasteiger partial charge in [0, 0.05) is 18.4 Å². The monoisotopic (exact) mass is 284 g/mol. The first-order chi connectivity index (χ1) is 10.1. The lowest BCUT2D eigenvalue weighted by atomic mass is 9.82. The quantitative estimate of drug-likeness (QED) is 0.831. The van der Waals surface area contributed by atoms with Crippen LogP contribution in [0.1, 0.15) is 17.5 Å². The Kier molecular flexibility index (Phi) is 3.53. The van der Waals surface area contributed by atoms with Crippen LogP contribution in [0.3, 0.4) is 0 Å². The van der Waals surface area contributed by atoms with E-state index in [1.54, 1.807) is 0 Å². The first-order valence-corrected chi connectivity index (χ1v) is 7.28. The van der Waals surface area contributed by atoms with Gasteiger partial charge in [0.25, 0.3) is 0 Å². The molecule has 1 fully saturated rings. The van der Waals surface area contributed by atoms with Gasteiger partial charge in [-0.2, -0.15) is 0 Å². The molecule has 0 heterocycles. The van der Waals surface area contributed by atoms with Crippen LogP contribution in [0, 0.1) is 30.6 Å². The molecule has 1 N–H and O–H groups in total. The second-order valence-corrected chi connectivity index (χ2v) is 6.02. The van der Waals surface area contributed by atoms with E-state index < -0.39 is 17.8 Å². The van der Waals surface area contributed by atoms with Crippen LogP contribution in [0.25, 0.3) is 0 Å². The van der Waals surface area contributed by atoms with Crippen molar-refractivity contribution < 1.29 is 14.7 Å². The standard InChI is InChI=1S/C17H19NO3/c1-10-2-4-11(5-3-10)9-18-16(19)14-12-6-7-13(8-12)15(14)17(20)21/h2-7,12-15H,8-9H2,1H3,(H,18,19)(H,20,21)/p-1/t12-,13-,14-,15+/m0/s1. The molecule has 0 unspecified atom stereocenters. The summed E-state index contributed by atoms with van der Waals surface area (Å²) >= 11 is 0. The third kappa shape index (κ3) is 2.58. The molecule has 21 heavy (non-hydrogen) atoms. The van der Waals surface area contributed by atoms with Crippen molar-refractivity contribution in [1.29, 1.82) is 0 Å². The predicted molar refractivity (Wildman–Crippen MR) is 75.7 cm³/mol. The first kappa shape index (κ1) is 13.9. The van der Waals surface area contributed by atoms with E-state index >= 15 is 0 Å².